The molecule has 0 aliphatic rings. The maximum Gasteiger partial charge on any atom is 0.256 e. The van der Waals surface area contributed by atoms with Gasteiger partial charge in [-0.05, 0) is 0 Å². The van der Waals surface area contributed by atoms with Crippen LogP contribution in [0.5, 0.6) is 0 Å². The predicted octanol–water partition coefficient (Wildman–Crippen LogP) is 1.38. The van der Waals surface area contributed by atoms with Crippen LogP contribution in [-0.4, -0.2) is 4.55 Å². The lowest BCUT2D eigenvalue weighted by Gasteiger charge is -1.83. The van der Waals surface area contributed by atoms with Crippen molar-refractivity contribution < 1.29 is 4.55 Å². The zero-order valence-corrected chi connectivity index (χ0v) is 6.77. The first kappa shape index (κ1) is 7.35. The van der Waals surface area contributed by atoms with E-state index < -0.39 is 10.4 Å². The molecule has 0 aromatic heterocycles. The first-order chi connectivity index (χ1) is 2.81. The van der Waals surface area contributed by atoms with Crippen LogP contribution in [0, 0.1) is 0 Å². The molecule has 0 amide bonds. The van der Waals surface area contributed by atoms with Gasteiger partial charge in [0, 0.05) is 23.6 Å². The second kappa shape index (κ2) is 4.51. The van der Waals surface area contributed by atoms with E-state index in [1.807, 2.05) is 0 Å². The Bertz CT molecular complexity index is 53.8. The average molecular weight is 174 g/mol. The molecular formula is OP2S3. The molecule has 6 heavy (non-hydrogen) atoms. The Kier molecular flexibility index (Phi) is 5.52. The van der Waals surface area contributed by atoms with Crippen molar-refractivity contribution in [2.45, 2.75) is 0 Å². The van der Waals surface area contributed by atoms with Crippen LogP contribution in [0.25, 0.3) is 0 Å². The summed E-state index contributed by atoms with van der Waals surface area (Å²) in [5.74, 6) is 0. The summed E-state index contributed by atoms with van der Waals surface area (Å²) in [6.45, 7) is 0.934. The Labute approximate surface area is 51.9 Å². The van der Waals surface area contributed by atoms with Gasteiger partial charge in [-0.2, -0.15) is 0 Å². The van der Waals surface area contributed by atoms with E-state index in [2.05, 4.69) is 23.6 Å². The van der Waals surface area contributed by atoms with Crippen molar-refractivity contribution in [3.05, 3.63) is 0 Å². The molecule has 0 unspecified atom stereocenters. The Morgan fingerprint density at radius 2 is 1.67 bits per heavy atom. The number of hydrogen-bond acceptors (Lipinski definition) is 3. The first-order valence-corrected chi connectivity index (χ1v) is 7.07. The Morgan fingerprint density at radius 1 is 1.33 bits per heavy atom. The van der Waals surface area contributed by atoms with Crippen LogP contribution in [0.3, 0.4) is 0 Å². The van der Waals surface area contributed by atoms with Crippen LogP contribution in [0.2, 0.25) is 0 Å². The van der Waals surface area contributed by atoms with Gasteiger partial charge in [0.2, 0.25) is 0 Å². The Morgan fingerprint density at radius 3 is 1.67 bits per heavy atom. The molecule has 0 N–H and O–H groups in total. The third-order valence-corrected chi connectivity index (χ3v) is 7.04. The van der Waals surface area contributed by atoms with Gasteiger partial charge in [0.25, 0.3) is 13.1 Å². The smallest absolute Gasteiger partial charge is 0.256 e. The van der Waals surface area contributed by atoms with Crippen LogP contribution in [0.1, 0.15) is 0 Å². The molecule has 0 aliphatic heterocycles. The van der Waals surface area contributed by atoms with E-state index in [-0.39, 0.29) is 0 Å². The van der Waals surface area contributed by atoms with Crippen molar-refractivity contribution >= 4 is 47.1 Å². The second-order valence-corrected chi connectivity index (χ2v) is 7.57. The highest BCUT2D eigenvalue weighted by Crippen LogP contribution is 2.20. The lowest BCUT2D eigenvalue weighted by molar-refractivity contribution is 0.622. The molecule has 0 aromatic carbocycles. The fourth-order valence-electron chi connectivity index (χ4n) is 0.0136. The molecule has 34 valence electrons. The van der Waals surface area contributed by atoms with Crippen LogP contribution in [-0.2, 0) is 34.0 Å². The molecule has 0 fully saturated rings. The van der Waals surface area contributed by atoms with Crippen molar-refractivity contribution in [2.75, 3.05) is 0 Å². The molecule has 0 bridgehead atoms. The molecule has 0 aromatic rings. The molecule has 0 saturated carbocycles. The van der Waals surface area contributed by atoms with Gasteiger partial charge in [-0.1, -0.05) is 0 Å². The number of rotatable bonds is 2. The molecule has 0 aliphatic carbocycles. The molecule has 1 nitrogen and oxygen atoms in total. The zero-order chi connectivity index (χ0) is 4.99. The summed E-state index contributed by atoms with van der Waals surface area (Å²) in [7, 11) is -0.960. The van der Waals surface area contributed by atoms with E-state index >= 15 is 0 Å². The lowest BCUT2D eigenvalue weighted by atomic mass is 15.9. The van der Waals surface area contributed by atoms with E-state index in [0.29, 0.717) is 13.1 Å². The minimum atomic E-state index is -0.960. The third kappa shape index (κ3) is 3.54. The Hall–Kier alpha value is 1.35. The van der Waals surface area contributed by atoms with Crippen LogP contribution >= 0.6 is 13.1 Å². The minimum absolute atomic E-state index is 0.467. The standard InChI is InChI=1S/OP2S3/c1-6(2-4)3-5. The highest BCUT2D eigenvalue weighted by Gasteiger charge is 1.91. The van der Waals surface area contributed by atoms with Crippen molar-refractivity contribution in [3.8, 4) is 0 Å². The lowest BCUT2D eigenvalue weighted by Crippen LogP contribution is -1.66. The van der Waals surface area contributed by atoms with Gasteiger partial charge in [0.05, 0.1) is 10.4 Å². The summed E-state index contributed by atoms with van der Waals surface area (Å²) in [6, 6.07) is 0. The topological polar surface area (TPSA) is 23.1 Å². The van der Waals surface area contributed by atoms with Gasteiger partial charge >= 0.3 is 0 Å². The SMILES string of the molecule is [O-][S+](P=S)P=S. The summed E-state index contributed by atoms with van der Waals surface area (Å²) in [4.78, 5) is 0. The summed E-state index contributed by atoms with van der Waals surface area (Å²) in [5, 5.41) is 0. The highest BCUT2D eigenvalue weighted by molar-refractivity contribution is 8.80. The largest absolute Gasteiger partial charge is 0.601 e. The third-order valence-electron chi connectivity index (χ3n) is 0.128. The highest BCUT2D eigenvalue weighted by atomic mass is 33.2. The Balaban J connectivity index is 3.21. The maximum atomic E-state index is 10.1. The first-order valence-electron chi connectivity index (χ1n) is 0.897. The normalized spacial score (nSPS) is 15.5. The molecule has 0 heterocycles. The zero-order valence-electron chi connectivity index (χ0n) is 2.53. The monoisotopic (exact) mass is 174 g/mol. The second-order valence-electron chi connectivity index (χ2n) is 0.380. The average Bonchev–Trinajstić information content (AvgIpc) is 1.65. The van der Waals surface area contributed by atoms with E-state index in [1.165, 1.54) is 0 Å². The summed E-state index contributed by atoms with van der Waals surface area (Å²) in [6.07, 6.45) is 0. The van der Waals surface area contributed by atoms with E-state index in [1.54, 1.807) is 0 Å². The molecule has 0 rings (SSSR count). The van der Waals surface area contributed by atoms with E-state index in [4.69, 9.17) is 0 Å². The van der Waals surface area contributed by atoms with Crippen LogP contribution < -0.4 is 0 Å². The van der Waals surface area contributed by atoms with Gasteiger partial charge in [-0.3, -0.25) is 0 Å². The van der Waals surface area contributed by atoms with Gasteiger partial charge in [-0.15, -0.1) is 0 Å². The van der Waals surface area contributed by atoms with Crippen molar-refractivity contribution in [2.24, 2.45) is 0 Å². The summed E-state index contributed by atoms with van der Waals surface area (Å²) < 4.78 is 10.1. The quantitative estimate of drug-likeness (QED) is 0.466. The van der Waals surface area contributed by atoms with Crippen molar-refractivity contribution in [1.82, 2.24) is 0 Å². The van der Waals surface area contributed by atoms with Gasteiger partial charge < -0.3 is 4.55 Å². The van der Waals surface area contributed by atoms with Crippen LogP contribution in [0.15, 0.2) is 0 Å². The number of hydrogen-bond donors (Lipinski definition) is 0. The predicted molar refractivity (Wildman–Crippen MR) is 36.7 cm³/mol. The summed E-state index contributed by atoms with van der Waals surface area (Å²) >= 11 is 8.74. The molecule has 0 radical (unpaired) electrons. The van der Waals surface area contributed by atoms with E-state index in [0.717, 1.165) is 0 Å². The molecule has 0 spiro atoms. The van der Waals surface area contributed by atoms with E-state index in [9.17, 15) is 4.55 Å². The molecule has 6 heteroatoms. The molecule has 0 atom stereocenters. The van der Waals surface area contributed by atoms with Gasteiger partial charge in [0.1, 0.15) is 0 Å². The minimum Gasteiger partial charge on any atom is -0.601 e. The maximum absolute atomic E-state index is 10.1. The van der Waals surface area contributed by atoms with Gasteiger partial charge in [0.15, 0.2) is 0 Å². The molecule has 0 saturated heterocycles. The van der Waals surface area contributed by atoms with Crippen molar-refractivity contribution in [3.63, 3.8) is 0 Å². The summed E-state index contributed by atoms with van der Waals surface area (Å²) in [5.41, 5.74) is 0. The van der Waals surface area contributed by atoms with Crippen LogP contribution in [0.4, 0.5) is 0 Å². The fraction of sp³-hybridized carbons (Fsp3) is 0. The van der Waals surface area contributed by atoms with Gasteiger partial charge in [-0.25, -0.2) is 0 Å². The fourth-order valence-corrected chi connectivity index (χ4v) is 3.31. The van der Waals surface area contributed by atoms with Crippen molar-refractivity contribution in [1.29, 1.82) is 0 Å². The molecular weight excluding hydrogens is 174 g/mol.